The van der Waals surface area contributed by atoms with Crippen LogP contribution in [0.25, 0.3) is 0 Å². The summed E-state index contributed by atoms with van der Waals surface area (Å²) >= 11 is 6.86. The van der Waals surface area contributed by atoms with Crippen LogP contribution in [0.2, 0.25) is 5.02 Å². The first-order valence-corrected chi connectivity index (χ1v) is 13.8. The second-order valence-corrected chi connectivity index (χ2v) is 11.2. The number of anilines is 2. The summed E-state index contributed by atoms with van der Waals surface area (Å²) in [6, 6.07) is 9.46. The number of Topliss-reactive ketones (excluding diaryl/α,β-unsaturated/α-hetero) is 1. The molecule has 0 aromatic heterocycles. The van der Waals surface area contributed by atoms with Gasteiger partial charge in [-0.2, -0.15) is 0 Å². The summed E-state index contributed by atoms with van der Waals surface area (Å²) in [5.41, 5.74) is 2.18. The molecule has 0 bridgehead atoms. The van der Waals surface area contributed by atoms with Gasteiger partial charge in [0.1, 0.15) is 17.2 Å². The van der Waals surface area contributed by atoms with Crippen molar-refractivity contribution in [3.63, 3.8) is 0 Å². The van der Waals surface area contributed by atoms with Crippen molar-refractivity contribution < 1.29 is 24.2 Å². The van der Waals surface area contributed by atoms with E-state index in [1.165, 1.54) is 4.90 Å². The summed E-state index contributed by atoms with van der Waals surface area (Å²) in [4.78, 5) is 29.0. The third-order valence-electron chi connectivity index (χ3n) is 6.96. The molecule has 0 saturated carbocycles. The Kier molecular flexibility index (Phi) is 8.56. The van der Waals surface area contributed by atoms with Gasteiger partial charge in [-0.3, -0.25) is 9.69 Å². The molecule has 0 spiro atoms. The van der Waals surface area contributed by atoms with E-state index in [1.54, 1.807) is 24.3 Å². The van der Waals surface area contributed by atoms with Gasteiger partial charge in [0.05, 0.1) is 24.9 Å². The van der Waals surface area contributed by atoms with Crippen LogP contribution in [-0.2, 0) is 9.53 Å². The van der Waals surface area contributed by atoms with Crippen LogP contribution in [0.15, 0.2) is 47.7 Å². The maximum atomic E-state index is 13.8. The fraction of sp³-hybridized carbons (Fsp3) is 0.467. The molecular formula is C30H37ClN2O5. The molecule has 0 saturated heterocycles. The number of hydrogen-bond donors (Lipinski definition) is 2. The minimum atomic E-state index is -0.851. The number of allylic oxidation sites excluding steroid dienone is 1. The number of hydrogen-bond acceptors (Lipinski definition) is 6. The molecule has 4 rings (SSSR count). The van der Waals surface area contributed by atoms with Gasteiger partial charge in [0, 0.05) is 22.7 Å². The van der Waals surface area contributed by atoms with Crippen molar-refractivity contribution in [2.75, 3.05) is 23.4 Å². The van der Waals surface area contributed by atoms with Crippen LogP contribution in [0, 0.1) is 5.41 Å². The van der Waals surface area contributed by atoms with Gasteiger partial charge in [-0.15, -0.1) is 0 Å². The normalized spacial score (nSPS) is 18.3. The first-order valence-electron chi connectivity index (χ1n) is 13.4. The van der Waals surface area contributed by atoms with E-state index in [0.29, 0.717) is 64.8 Å². The molecule has 204 valence electrons. The maximum Gasteiger partial charge on any atom is 0.415 e. The highest BCUT2D eigenvalue weighted by atomic mass is 35.5. The predicted octanol–water partition coefficient (Wildman–Crippen LogP) is 7.78. The van der Waals surface area contributed by atoms with E-state index >= 15 is 0 Å². The van der Waals surface area contributed by atoms with E-state index in [4.69, 9.17) is 21.1 Å². The summed E-state index contributed by atoms with van der Waals surface area (Å²) in [5, 5.41) is 14.5. The number of ketones is 1. The first-order chi connectivity index (χ1) is 18.2. The number of ether oxygens (including phenoxy) is 2. The molecule has 1 aliphatic carbocycles. The van der Waals surface area contributed by atoms with Crippen molar-refractivity contribution in [1.82, 2.24) is 0 Å². The monoisotopic (exact) mass is 540 g/mol. The van der Waals surface area contributed by atoms with E-state index in [0.717, 1.165) is 19.3 Å². The average Bonchev–Trinajstić information content (AvgIpc) is 2.99. The Hall–Kier alpha value is -3.19. The summed E-state index contributed by atoms with van der Waals surface area (Å²) in [7, 11) is 0. The Bertz CT molecular complexity index is 1240. The summed E-state index contributed by atoms with van der Waals surface area (Å²) in [6.45, 7) is 9.00. The van der Waals surface area contributed by atoms with Crippen LogP contribution in [0.1, 0.15) is 77.8 Å². The number of amides is 1. The quantitative estimate of drug-likeness (QED) is 0.262. The zero-order valence-electron chi connectivity index (χ0n) is 22.6. The standard InChI is InChI=1S/C30H37ClN2O5/c1-5-7-14-37-19-12-13-20(21(31)16-19)28-26-22(17-30(3,4)18-25(26)35)32-27-23(10-9-11-24(27)34)33(28)29(36)38-15-8-6-2/h9-13,16,28,32,34H,5-8,14-15,17-18H2,1-4H3. The number of para-hydroxylation sites is 1. The van der Waals surface area contributed by atoms with Crippen LogP contribution >= 0.6 is 11.6 Å². The zero-order valence-corrected chi connectivity index (χ0v) is 23.4. The molecule has 2 aromatic carbocycles. The number of fused-ring (bicyclic) bond motifs is 1. The Morgan fingerprint density at radius 2 is 1.87 bits per heavy atom. The second kappa shape index (κ2) is 11.7. The van der Waals surface area contributed by atoms with Gasteiger partial charge in [0.15, 0.2) is 5.78 Å². The SMILES string of the molecule is CCCCOC(=O)N1c2cccc(O)c2NC2=C(C(=O)CC(C)(C)C2)C1c1ccc(OCCCC)cc1Cl. The van der Waals surface area contributed by atoms with Gasteiger partial charge >= 0.3 is 6.09 Å². The third-order valence-corrected chi connectivity index (χ3v) is 7.29. The Balaban J connectivity index is 1.91. The van der Waals surface area contributed by atoms with Crippen molar-refractivity contribution in [3.8, 4) is 11.5 Å². The number of nitrogens with zero attached hydrogens (tertiary/aromatic N) is 1. The second-order valence-electron chi connectivity index (χ2n) is 10.8. The highest BCUT2D eigenvalue weighted by Crippen LogP contribution is 2.51. The lowest BCUT2D eigenvalue weighted by molar-refractivity contribution is -0.118. The zero-order chi connectivity index (χ0) is 27.4. The number of phenolic OH excluding ortho intramolecular Hbond substituents is 1. The van der Waals surface area contributed by atoms with E-state index in [1.807, 2.05) is 32.9 Å². The van der Waals surface area contributed by atoms with Crippen molar-refractivity contribution in [2.45, 2.75) is 72.3 Å². The van der Waals surface area contributed by atoms with Gasteiger partial charge in [-0.1, -0.05) is 64.3 Å². The van der Waals surface area contributed by atoms with Gasteiger partial charge in [-0.05, 0) is 54.5 Å². The lowest BCUT2D eigenvalue weighted by Crippen LogP contribution is -2.40. The van der Waals surface area contributed by atoms with Gasteiger partial charge in [0.2, 0.25) is 0 Å². The number of aromatic hydroxyl groups is 1. The number of carbonyl (C=O) groups is 2. The summed E-state index contributed by atoms with van der Waals surface area (Å²) in [5.74, 6) is 0.522. The number of benzene rings is 2. The fourth-order valence-corrected chi connectivity index (χ4v) is 5.34. The van der Waals surface area contributed by atoms with E-state index < -0.39 is 12.1 Å². The number of phenols is 1. The highest BCUT2D eigenvalue weighted by molar-refractivity contribution is 6.31. The van der Waals surface area contributed by atoms with Crippen molar-refractivity contribution in [1.29, 1.82) is 0 Å². The van der Waals surface area contributed by atoms with Crippen LogP contribution < -0.4 is 15.0 Å². The molecule has 1 unspecified atom stereocenters. The topological polar surface area (TPSA) is 88.1 Å². The Morgan fingerprint density at radius 3 is 2.58 bits per heavy atom. The third kappa shape index (κ3) is 5.78. The number of unbranched alkanes of at least 4 members (excludes halogenated alkanes) is 2. The number of rotatable bonds is 8. The molecule has 2 aromatic rings. The molecule has 2 N–H and O–H groups in total. The molecule has 1 aliphatic heterocycles. The van der Waals surface area contributed by atoms with Crippen LogP contribution in [-0.4, -0.2) is 30.2 Å². The fourth-order valence-electron chi connectivity index (χ4n) is 5.07. The smallest absolute Gasteiger partial charge is 0.415 e. The number of nitrogens with one attached hydrogen (secondary N) is 1. The van der Waals surface area contributed by atoms with Crippen LogP contribution in [0.4, 0.5) is 16.2 Å². The van der Waals surface area contributed by atoms with E-state index in [9.17, 15) is 14.7 Å². The van der Waals surface area contributed by atoms with Gasteiger partial charge in [0.25, 0.3) is 0 Å². The molecule has 1 heterocycles. The minimum Gasteiger partial charge on any atom is -0.506 e. The summed E-state index contributed by atoms with van der Waals surface area (Å²) < 4.78 is 11.5. The van der Waals surface area contributed by atoms with Gasteiger partial charge in [-0.25, -0.2) is 4.79 Å². The summed E-state index contributed by atoms with van der Waals surface area (Å²) in [6.07, 6.45) is 3.78. The Morgan fingerprint density at radius 1 is 1.13 bits per heavy atom. The number of carbonyl (C=O) groups excluding carboxylic acids is 2. The number of halogens is 1. The molecular weight excluding hydrogens is 504 g/mol. The first kappa shape index (κ1) is 27.8. The van der Waals surface area contributed by atoms with Crippen molar-refractivity contribution in [2.24, 2.45) is 5.41 Å². The van der Waals surface area contributed by atoms with Crippen molar-refractivity contribution in [3.05, 3.63) is 58.3 Å². The lowest BCUT2D eigenvalue weighted by atomic mass is 9.73. The van der Waals surface area contributed by atoms with E-state index in [-0.39, 0.29) is 23.6 Å². The molecule has 2 aliphatic rings. The molecule has 1 atom stereocenters. The predicted molar refractivity (Wildman–Crippen MR) is 150 cm³/mol. The molecule has 7 nitrogen and oxygen atoms in total. The molecule has 0 fully saturated rings. The maximum absolute atomic E-state index is 13.8. The van der Waals surface area contributed by atoms with E-state index in [2.05, 4.69) is 12.2 Å². The molecule has 0 radical (unpaired) electrons. The lowest BCUT2D eigenvalue weighted by Gasteiger charge is -2.37. The minimum absolute atomic E-state index is 0.0250. The molecule has 8 heteroatoms. The van der Waals surface area contributed by atoms with Gasteiger partial charge < -0.3 is 19.9 Å². The largest absolute Gasteiger partial charge is 0.506 e. The molecule has 38 heavy (non-hydrogen) atoms. The van der Waals surface area contributed by atoms with Crippen molar-refractivity contribution >= 4 is 34.9 Å². The molecule has 1 amide bonds. The Labute approximate surface area is 229 Å². The van der Waals surface area contributed by atoms with Crippen LogP contribution in [0.3, 0.4) is 0 Å². The highest BCUT2D eigenvalue weighted by Gasteiger charge is 2.45. The average molecular weight is 541 g/mol. The van der Waals surface area contributed by atoms with Crippen LogP contribution in [0.5, 0.6) is 11.5 Å².